The summed E-state index contributed by atoms with van der Waals surface area (Å²) in [6.07, 6.45) is 1.64. The van der Waals surface area contributed by atoms with Gasteiger partial charge in [-0.25, -0.2) is 18.7 Å². The van der Waals surface area contributed by atoms with Gasteiger partial charge in [-0.3, -0.25) is 4.79 Å². The molecule has 0 unspecified atom stereocenters. The topological polar surface area (TPSA) is 73.4 Å². The number of amides is 1. The lowest BCUT2D eigenvalue weighted by Crippen LogP contribution is -2.35. The van der Waals surface area contributed by atoms with Gasteiger partial charge < -0.3 is 20.4 Å². The summed E-state index contributed by atoms with van der Waals surface area (Å²) < 4.78 is 28.3. The summed E-state index contributed by atoms with van der Waals surface area (Å²) in [4.78, 5) is 25.8. The molecule has 0 spiro atoms. The van der Waals surface area contributed by atoms with Gasteiger partial charge >= 0.3 is 0 Å². The molecule has 1 aliphatic heterocycles. The van der Waals surface area contributed by atoms with Crippen molar-refractivity contribution < 1.29 is 13.6 Å². The Morgan fingerprint density at radius 3 is 2.58 bits per heavy atom. The fourth-order valence-corrected chi connectivity index (χ4v) is 4.31. The van der Waals surface area contributed by atoms with E-state index in [1.165, 1.54) is 0 Å². The van der Waals surface area contributed by atoms with Crippen LogP contribution in [0.15, 0.2) is 42.6 Å². The van der Waals surface area contributed by atoms with E-state index in [4.69, 9.17) is 16.6 Å². The molecule has 3 aromatic rings. The van der Waals surface area contributed by atoms with E-state index in [2.05, 4.69) is 34.4 Å². The van der Waals surface area contributed by atoms with Crippen LogP contribution in [0.3, 0.4) is 0 Å². The van der Waals surface area contributed by atoms with Crippen molar-refractivity contribution in [2.45, 2.75) is 20.4 Å². The summed E-state index contributed by atoms with van der Waals surface area (Å²) in [5.74, 6) is -0.287. The highest BCUT2D eigenvalue weighted by Crippen LogP contribution is 2.32. The molecule has 4 rings (SSSR count). The molecule has 2 heterocycles. The minimum atomic E-state index is -0.666. The molecule has 36 heavy (non-hydrogen) atoms. The maximum Gasteiger partial charge on any atom is 0.251 e. The van der Waals surface area contributed by atoms with E-state index >= 15 is 0 Å². The Balaban J connectivity index is 1.50. The molecular formula is C26H29ClF2N6O. The summed E-state index contributed by atoms with van der Waals surface area (Å²) >= 11 is 6.05. The average molecular weight is 515 g/mol. The fraction of sp³-hybridized carbons (Fsp3) is 0.346. The number of nitrogens with one attached hydrogen (secondary N) is 2. The smallest absolute Gasteiger partial charge is 0.251 e. The van der Waals surface area contributed by atoms with Crippen LogP contribution >= 0.6 is 11.6 Å². The van der Waals surface area contributed by atoms with Gasteiger partial charge in [0.05, 0.1) is 16.9 Å². The average Bonchev–Trinajstić information content (AvgIpc) is 2.91. The van der Waals surface area contributed by atoms with Crippen molar-refractivity contribution in [1.82, 2.24) is 20.2 Å². The fourth-order valence-electron chi connectivity index (χ4n) is 4.10. The van der Waals surface area contributed by atoms with E-state index in [0.717, 1.165) is 37.3 Å². The van der Waals surface area contributed by atoms with Gasteiger partial charge in [-0.05, 0) is 37.4 Å². The third kappa shape index (κ3) is 5.74. The molecule has 0 saturated carbocycles. The Labute approximate surface area is 214 Å². The zero-order valence-corrected chi connectivity index (χ0v) is 21.1. The van der Waals surface area contributed by atoms with Gasteiger partial charge in [-0.15, -0.1) is 0 Å². The van der Waals surface area contributed by atoms with Crippen LogP contribution in [0.2, 0.25) is 5.02 Å². The molecule has 0 radical (unpaired) electrons. The highest BCUT2D eigenvalue weighted by Gasteiger charge is 2.23. The number of halogens is 3. The Kier molecular flexibility index (Phi) is 8.32. The summed E-state index contributed by atoms with van der Waals surface area (Å²) in [7, 11) is 0. The first-order chi connectivity index (χ1) is 17.4. The zero-order chi connectivity index (χ0) is 25.7. The predicted molar refractivity (Wildman–Crippen MR) is 138 cm³/mol. The highest BCUT2D eigenvalue weighted by atomic mass is 35.5. The molecule has 1 amide bonds. The maximum absolute atomic E-state index is 14.4. The number of nitrogens with zero attached hydrogens (tertiary/aromatic N) is 4. The maximum atomic E-state index is 14.4. The molecule has 2 aromatic carbocycles. The molecule has 0 saturated heterocycles. The molecule has 0 bridgehead atoms. The van der Waals surface area contributed by atoms with Crippen LogP contribution < -0.4 is 15.5 Å². The highest BCUT2D eigenvalue weighted by molar-refractivity contribution is 6.31. The van der Waals surface area contributed by atoms with Crippen LogP contribution in [-0.4, -0.2) is 60.0 Å². The minimum Gasteiger partial charge on any atom is -0.365 e. The van der Waals surface area contributed by atoms with Gasteiger partial charge in [0.15, 0.2) is 11.6 Å². The molecule has 0 atom stereocenters. The molecule has 7 nitrogen and oxygen atoms in total. The third-order valence-corrected chi connectivity index (χ3v) is 6.68. The molecule has 190 valence electrons. The Morgan fingerprint density at radius 1 is 1.14 bits per heavy atom. The van der Waals surface area contributed by atoms with Gasteiger partial charge in [0, 0.05) is 49.4 Å². The van der Waals surface area contributed by atoms with Gasteiger partial charge in [0.25, 0.3) is 5.91 Å². The summed E-state index contributed by atoms with van der Waals surface area (Å²) in [5, 5.41) is 5.90. The normalized spacial score (nSPS) is 12.9. The second-order valence-corrected chi connectivity index (χ2v) is 8.84. The largest absolute Gasteiger partial charge is 0.365 e. The number of carbonyl (C=O) groups is 1. The number of carbonyl (C=O) groups excluding carboxylic acids is 1. The molecule has 10 heteroatoms. The van der Waals surface area contributed by atoms with E-state index in [1.54, 1.807) is 18.3 Å². The summed E-state index contributed by atoms with van der Waals surface area (Å²) in [6.45, 7) is 8.61. The lowest BCUT2D eigenvalue weighted by Gasteiger charge is -2.30. The first-order valence-corrected chi connectivity index (χ1v) is 12.4. The third-order valence-electron chi connectivity index (χ3n) is 6.27. The molecule has 2 N–H and O–H groups in total. The van der Waals surface area contributed by atoms with E-state index in [0.29, 0.717) is 42.5 Å². The first kappa shape index (κ1) is 25.8. The van der Waals surface area contributed by atoms with Crippen LogP contribution in [0.25, 0.3) is 11.3 Å². The predicted octanol–water partition coefficient (Wildman–Crippen LogP) is 4.58. The number of fused-ring (bicyclic) bond motifs is 1. The van der Waals surface area contributed by atoms with E-state index in [1.807, 2.05) is 17.0 Å². The quantitative estimate of drug-likeness (QED) is 0.407. The second-order valence-electron chi connectivity index (χ2n) is 8.46. The van der Waals surface area contributed by atoms with E-state index in [-0.39, 0.29) is 23.0 Å². The lowest BCUT2D eigenvalue weighted by molar-refractivity contribution is 0.0949. The summed E-state index contributed by atoms with van der Waals surface area (Å²) in [6, 6.07) is 9.23. The van der Waals surface area contributed by atoms with Crippen LogP contribution in [0.1, 0.15) is 29.8 Å². The Morgan fingerprint density at radius 2 is 1.86 bits per heavy atom. The van der Waals surface area contributed by atoms with E-state index < -0.39 is 11.6 Å². The first-order valence-electron chi connectivity index (χ1n) is 12.0. The van der Waals surface area contributed by atoms with Crippen molar-refractivity contribution >= 4 is 29.1 Å². The number of hydrogen-bond acceptors (Lipinski definition) is 6. The van der Waals surface area contributed by atoms with Gasteiger partial charge in [0.1, 0.15) is 11.6 Å². The number of anilines is 2. The monoisotopic (exact) mass is 514 g/mol. The van der Waals surface area contributed by atoms with Gasteiger partial charge in [0.2, 0.25) is 0 Å². The second kappa shape index (κ2) is 11.6. The molecule has 1 aromatic heterocycles. The van der Waals surface area contributed by atoms with Crippen molar-refractivity contribution in [3.8, 4) is 11.3 Å². The van der Waals surface area contributed by atoms with Crippen molar-refractivity contribution in [3.05, 3.63) is 70.4 Å². The van der Waals surface area contributed by atoms with Crippen LogP contribution in [-0.2, 0) is 6.54 Å². The summed E-state index contributed by atoms with van der Waals surface area (Å²) in [5.41, 5.74) is 2.02. The molecule has 0 aliphatic carbocycles. The van der Waals surface area contributed by atoms with Crippen molar-refractivity contribution in [3.63, 3.8) is 0 Å². The molecule has 0 fully saturated rings. The van der Waals surface area contributed by atoms with Crippen molar-refractivity contribution in [2.75, 3.05) is 49.5 Å². The van der Waals surface area contributed by atoms with Gasteiger partial charge in [-0.2, -0.15) is 0 Å². The minimum absolute atomic E-state index is 0.0574. The number of benzene rings is 2. The van der Waals surface area contributed by atoms with Crippen LogP contribution in [0.5, 0.6) is 0 Å². The zero-order valence-electron chi connectivity index (χ0n) is 20.3. The standard InChI is InChI=1S/C26H29ClF2N6O/c1-3-34(4-2)13-11-31-26(36)18-7-5-17(6-8-18)22-15-32-24-25(33-22)35(14-12-30-24)16-19-20(28)9-10-21(29)23(19)27/h5-10,15H,3-4,11-14,16H2,1-2H3,(H,30,32)(H,31,36). The van der Waals surface area contributed by atoms with E-state index in [9.17, 15) is 13.6 Å². The number of rotatable bonds is 9. The lowest BCUT2D eigenvalue weighted by atomic mass is 10.1. The van der Waals surface area contributed by atoms with Crippen LogP contribution in [0, 0.1) is 11.6 Å². The van der Waals surface area contributed by atoms with Crippen molar-refractivity contribution in [1.29, 1.82) is 0 Å². The Hall–Kier alpha value is -3.30. The number of hydrogen-bond donors (Lipinski definition) is 2. The molecular weight excluding hydrogens is 486 g/mol. The SMILES string of the molecule is CCN(CC)CCNC(=O)c1ccc(-c2cnc3c(n2)N(Cc2c(F)ccc(F)c2Cl)CCN3)cc1. The number of likely N-dealkylation sites (N-methyl/N-ethyl adjacent to an activating group) is 1. The van der Waals surface area contributed by atoms with Gasteiger partial charge in [-0.1, -0.05) is 37.6 Å². The number of aromatic nitrogens is 2. The van der Waals surface area contributed by atoms with Crippen LogP contribution in [0.4, 0.5) is 20.4 Å². The Bertz CT molecular complexity index is 1220. The molecule has 1 aliphatic rings. The van der Waals surface area contributed by atoms with Crippen molar-refractivity contribution in [2.24, 2.45) is 0 Å².